The van der Waals surface area contributed by atoms with Gasteiger partial charge in [0, 0.05) is 18.0 Å². The van der Waals surface area contributed by atoms with Crippen LogP contribution in [0.1, 0.15) is 28.4 Å². The van der Waals surface area contributed by atoms with Crippen LogP contribution in [0.15, 0.2) is 41.8 Å². The van der Waals surface area contributed by atoms with Gasteiger partial charge in [-0.1, -0.05) is 12.1 Å². The van der Waals surface area contributed by atoms with Gasteiger partial charge in [-0.3, -0.25) is 4.79 Å². The van der Waals surface area contributed by atoms with Crippen molar-refractivity contribution in [3.8, 4) is 0 Å². The second kappa shape index (κ2) is 8.45. The van der Waals surface area contributed by atoms with Crippen LogP contribution in [-0.2, 0) is 14.3 Å². The van der Waals surface area contributed by atoms with E-state index >= 15 is 0 Å². The third-order valence-corrected chi connectivity index (χ3v) is 6.44. The molecule has 3 rings (SSSR count). The largest absolute Gasteiger partial charge is 0.452 e. The fourth-order valence-corrected chi connectivity index (χ4v) is 4.31. The molecule has 2 heterocycles. The minimum Gasteiger partial charge on any atom is -0.452 e. The first-order valence-electron chi connectivity index (χ1n) is 8.45. The van der Waals surface area contributed by atoms with Crippen LogP contribution in [0, 0.1) is 6.92 Å². The minimum absolute atomic E-state index is 0.196. The first-order chi connectivity index (χ1) is 13.0. The maximum Gasteiger partial charge on any atom is 0.331 e. The van der Waals surface area contributed by atoms with E-state index in [9.17, 15) is 9.59 Å². The van der Waals surface area contributed by atoms with E-state index in [1.54, 1.807) is 40.7 Å². The second-order valence-electron chi connectivity index (χ2n) is 6.11. The van der Waals surface area contributed by atoms with E-state index in [-0.39, 0.29) is 18.6 Å². The number of carbonyl (C=O) groups is 2. The van der Waals surface area contributed by atoms with Crippen LogP contribution in [0.25, 0.3) is 16.3 Å². The summed E-state index contributed by atoms with van der Waals surface area (Å²) in [5.41, 5.74) is 2.02. The van der Waals surface area contributed by atoms with Crippen molar-refractivity contribution in [1.82, 2.24) is 9.88 Å². The number of esters is 1. The number of ether oxygens (including phenoxy) is 1. The quantitative estimate of drug-likeness (QED) is 0.453. The van der Waals surface area contributed by atoms with Gasteiger partial charge >= 0.3 is 5.97 Å². The van der Waals surface area contributed by atoms with Gasteiger partial charge in [-0.25, -0.2) is 9.78 Å². The Hall–Kier alpha value is -2.51. The fraction of sp³-hybridized carbons (Fsp3) is 0.250. The van der Waals surface area contributed by atoms with Crippen molar-refractivity contribution < 1.29 is 14.3 Å². The Morgan fingerprint density at radius 1 is 1.30 bits per heavy atom. The Balaban J connectivity index is 1.56. The molecule has 1 aromatic carbocycles. The Kier molecular flexibility index (Phi) is 6.03. The lowest BCUT2D eigenvalue weighted by Crippen LogP contribution is -2.33. The van der Waals surface area contributed by atoms with Crippen LogP contribution in [0.4, 0.5) is 0 Å². The van der Waals surface area contributed by atoms with E-state index in [2.05, 4.69) is 4.98 Å². The third-order valence-electron chi connectivity index (χ3n) is 4.25. The number of thiazole rings is 1. The zero-order valence-electron chi connectivity index (χ0n) is 15.3. The predicted molar refractivity (Wildman–Crippen MR) is 110 cm³/mol. The molecule has 3 aromatic rings. The van der Waals surface area contributed by atoms with Crippen molar-refractivity contribution in [1.29, 1.82) is 0 Å². The zero-order valence-corrected chi connectivity index (χ0v) is 17.0. The average molecular weight is 401 g/mol. The SMILES string of the molecule is Cc1ccsc1/C=C/C(=O)OCC(=O)N(C)[C@H](C)c1nc2ccccc2s1. The summed E-state index contributed by atoms with van der Waals surface area (Å²) in [5, 5.41) is 2.81. The van der Waals surface area contributed by atoms with Crippen LogP contribution < -0.4 is 0 Å². The molecule has 1 atom stereocenters. The standard InChI is InChI=1S/C20H20N2O3S2/c1-13-10-11-26-16(13)8-9-19(24)25-12-18(23)22(3)14(2)20-21-15-6-4-5-7-17(15)27-20/h4-11,14H,12H2,1-3H3/b9-8+/t14-/m1/s1. The summed E-state index contributed by atoms with van der Waals surface area (Å²) in [7, 11) is 1.69. The highest BCUT2D eigenvalue weighted by molar-refractivity contribution is 7.18. The van der Waals surface area contributed by atoms with Gasteiger partial charge in [-0.15, -0.1) is 22.7 Å². The molecule has 0 saturated heterocycles. The summed E-state index contributed by atoms with van der Waals surface area (Å²) in [6, 6.07) is 9.65. The molecule has 0 radical (unpaired) electrons. The Morgan fingerprint density at radius 2 is 2.07 bits per heavy atom. The number of aromatic nitrogens is 1. The molecular formula is C20H20N2O3S2. The summed E-state index contributed by atoms with van der Waals surface area (Å²) in [6.45, 7) is 3.60. The lowest BCUT2D eigenvalue weighted by atomic mass is 10.3. The lowest BCUT2D eigenvalue weighted by Gasteiger charge is -2.22. The van der Waals surface area contributed by atoms with Crippen molar-refractivity contribution in [3.63, 3.8) is 0 Å². The molecule has 7 heteroatoms. The molecule has 2 aromatic heterocycles. The fourth-order valence-electron chi connectivity index (χ4n) is 2.43. The molecule has 5 nitrogen and oxygen atoms in total. The van der Waals surface area contributed by atoms with Gasteiger partial charge in [0.2, 0.25) is 0 Å². The van der Waals surface area contributed by atoms with E-state index in [0.717, 1.165) is 25.7 Å². The van der Waals surface area contributed by atoms with Crippen molar-refractivity contribution in [3.05, 3.63) is 57.2 Å². The number of fused-ring (bicyclic) bond motifs is 1. The van der Waals surface area contributed by atoms with Crippen LogP contribution in [0.2, 0.25) is 0 Å². The summed E-state index contributed by atoms with van der Waals surface area (Å²) < 4.78 is 6.16. The van der Waals surface area contributed by atoms with Gasteiger partial charge in [-0.05, 0) is 49.1 Å². The van der Waals surface area contributed by atoms with Gasteiger partial charge in [0.25, 0.3) is 5.91 Å². The number of carbonyl (C=O) groups excluding carboxylic acids is 2. The minimum atomic E-state index is -0.530. The molecular weight excluding hydrogens is 380 g/mol. The summed E-state index contributed by atoms with van der Waals surface area (Å²) in [4.78, 5) is 31.4. The summed E-state index contributed by atoms with van der Waals surface area (Å²) in [5.74, 6) is -0.798. The van der Waals surface area contributed by atoms with Crippen molar-refractivity contribution in [2.75, 3.05) is 13.7 Å². The first-order valence-corrected chi connectivity index (χ1v) is 10.2. The van der Waals surface area contributed by atoms with Crippen molar-refractivity contribution in [2.45, 2.75) is 19.9 Å². The van der Waals surface area contributed by atoms with E-state index in [1.165, 1.54) is 6.08 Å². The molecule has 0 saturated carbocycles. The number of benzene rings is 1. The van der Waals surface area contributed by atoms with Crippen LogP contribution in [0.3, 0.4) is 0 Å². The van der Waals surface area contributed by atoms with Gasteiger partial charge in [0.05, 0.1) is 16.3 Å². The van der Waals surface area contributed by atoms with Crippen molar-refractivity contribution in [2.24, 2.45) is 0 Å². The summed E-state index contributed by atoms with van der Waals surface area (Å²) in [6.07, 6.45) is 3.06. The van der Waals surface area contributed by atoms with Gasteiger partial charge < -0.3 is 9.64 Å². The molecule has 0 N–H and O–H groups in total. The van der Waals surface area contributed by atoms with Crippen LogP contribution in [0.5, 0.6) is 0 Å². The molecule has 0 aliphatic rings. The molecule has 140 valence electrons. The summed E-state index contributed by atoms with van der Waals surface area (Å²) >= 11 is 3.11. The van der Waals surface area contributed by atoms with E-state index in [0.29, 0.717) is 0 Å². The van der Waals surface area contributed by atoms with E-state index in [1.807, 2.05) is 49.6 Å². The van der Waals surface area contributed by atoms with Crippen LogP contribution >= 0.6 is 22.7 Å². The number of hydrogen-bond donors (Lipinski definition) is 0. The normalized spacial score (nSPS) is 12.4. The molecule has 0 unspecified atom stereocenters. The first kappa shape index (κ1) is 19.3. The Labute approximate surface area is 165 Å². The molecule has 0 aliphatic heterocycles. The number of nitrogens with zero attached hydrogens (tertiary/aromatic N) is 2. The van der Waals surface area contributed by atoms with Crippen molar-refractivity contribution >= 4 is 50.8 Å². The lowest BCUT2D eigenvalue weighted by molar-refractivity contribution is -0.148. The second-order valence-corrected chi connectivity index (χ2v) is 8.12. The number of aryl methyl sites for hydroxylation is 1. The monoisotopic (exact) mass is 400 g/mol. The number of thiophene rings is 1. The smallest absolute Gasteiger partial charge is 0.331 e. The Bertz CT molecular complexity index is 957. The average Bonchev–Trinajstić information content (AvgIpc) is 3.28. The molecule has 27 heavy (non-hydrogen) atoms. The highest BCUT2D eigenvalue weighted by atomic mass is 32.1. The maximum atomic E-state index is 12.4. The van der Waals surface area contributed by atoms with Crippen LogP contribution in [-0.4, -0.2) is 35.4 Å². The Morgan fingerprint density at radius 3 is 2.78 bits per heavy atom. The highest BCUT2D eigenvalue weighted by Crippen LogP contribution is 2.28. The van der Waals surface area contributed by atoms with Gasteiger partial charge in [0.15, 0.2) is 6.61 Å². The maximum absolute atomic E-state index is 12.4. The molecule has 0 bridgehead atoms. The third kappa shape index (κ3) is 4.61. The number of para-hydroxylation sites is 1. The number of likely N-dealkylation sites (N-methyl/N-ethyl adjacent to an activating group) is 1. The van der Waals surface area contributed by atoms with E-state index in [4.69, 9.17) is 4.74 Å². The highest BCUT2D eigenvalue weighted by Gasteiger charge is 2.21. The number of hydrogen-bond acceptors (Lipinski definition) is 6. The topological polar surface area (TPSA) is 59.5 Å². The van der Waals surface area contributed by atoms with Gasteiger partial charge in [0.1, 0.15) is 5.01 Å². The number of amides is 1. The molecule has 0 spiro atoms. The zero-order chi connectivity index (χ0) is 19.4. The molecule has 1 amide bonds. The predicted octanol–water partition coefficient (Wildman–Crippen LogP) is 4.44. The molecule has 0 fully saturated rings. The van der Waals surface area contributed by atoms with E-state index < -0.39 is 5.97 Å². The van der Waals surface area contributed by atoms with Gasteiger partial charge in [-0.2, -0.15) is 0 Å². The molecule has 0 aliphatic carbocycles. The number of rotatable bonds is 6.